The van der Waals surface area contributed by atoms with E-state index in [0.717, 1.165) is 28.1 Å². The molecule has 0 aliphatic rings. The molecule has 10 rings (SSSR count). The number of hydrogen-bond donors (Lipinski definition) is 5. The molecule has 446 valence electrons. The van der Waals surface area contributed by atoms with Crippen LogP contribution in [0.25, 0.3) is 56.3 Å². The SMILES string of the molecule is COc1ccnc(-c2cnn(C)c2C(=O)CO)c1.COc1ccnc(-c2cnn(C)c2C(=O)O)c1.Cc1cc(C)nc(-c2cnn(C)c2C(=O)CO)c1.Cc1cc(C)nc(-c2cnn(C)c2C(=O)O)c1.Cc1ccnc(-c2cnn(C)c2C(=O)O)c1. The standard InChI is InChI=1S/C13H15N3O2.C12H13N3O3.C12H13N3O2.C11H11N3O3.C11H11N3O2/c1-8-4-9(2)15-11(5-8)10-6-14-16(3)13(10)12(18)7-17;1-15-12(11(17)7-16)9(6-14-15)10-5-8(18-2)3-4-13-10;1-7-4-8(2)14-10(5-7)9-6-13-15(3)11(9)12(16)17;1-14-10(11(15)16)8(6-13-14)9-5-7(17-2)3-4-12-9;1-7-3-4-12-9(5-7)8-6-13-14(2)10(8)11(15)16/h4-6,17H,7H2,1-3H3;3-6,16H,7H2,1-2H3;4-6H,1-3H3,(H,16,17);3-6H,1-2H3,(H,15,16);3-6H,1-2H3,(H,15,16). The summed E-state index contributed by atoms with van der Waals surface area (Å²) in [6.07, 6.45) is 12.5. The average Bonchev–Trinajstić information content (AvgIpc) is 2.94. The number of aromatic nitrogens is 15. The minimum atomic E-state index is -1.04. The number of pyridine rings is 5. The molecule has 0 aliphatic carbocycles. The van der Waals surface area contributed by atoms with Gasteiger partial charge in [0, 0.05) is 88.5 Å². The molecule has 27 nitrogen and oxygen atoms in total. The summed E-state index contributed by atoms with van der Waals surface area (Å²) in [6, 6.07) is 18.2. The number of aliphatic hydroxyl groups excluding tert-OH is 2. The number of Topliss-reactive ketones (excluding diaryl/α,β-unsaturated/α-hetero) is 2. The number of carboxylic acids is 3. The molecule has 27 heteroatoms. The smallest absolute Gasteiger partial charge is 0.354 e. The summed E-state index contributed by atoms with van der Waals surface area (Å²) in [7, 11) is 11.2. The number of aryl methyl sites for hydroxylation is 10. The van der Waals surface area contributed by atoms with Crippen LogP contribution in [0.2, 0.25) is 0 Å². The molecule has 0 fully saturated rings. The number of aliphatic hydroxyl groups is 2. The zero-order valence-corrected chi connectivity index (χ0v) is 49.1. The van der Waals surface area contributed by atoms with Gasteiger partial charge in [-0.05, 0) is 99.8 Å². The van der Waals surface area contributed by atoms with Gasteiger partial charge in [-0.3, -0.25) is 57.9 Å². The molecule has 86 heavy (non-hydrogen) atoms. The zero-order chi connectivity index (χ0) is 63.1. The highest BCUT2D eigenvalue weighted by Crippen LogP contribution is 2.28. The molecule has 0 spiro atoms. The lowest BCUT2D eigenvalue weighted by Crippen LogP contribution is -2.12. The fraction of sp³-hybridized carbons (Fsp3) is 0.237. The molecule has 0 unspecified atom stereocenters. The van der Waals surface area contributed by atoms with Crippen LogP contribution < -0.4 is 9.47 Å². The Morgan fingerprint density at radius 3 is 0.977 bits per heavy atom. The van der Waals surface area contributed by atoms with E-state index in [9.17, 15) is 24.0 Å². The Labute approximate surface area is 492 Å². The fourth-order valence-corrected chi connectivity index (χ4v) is 8.71. The van der Waals surface area contributed by atoms with Gasteiger partial charge in [-0.25, -0.2) is 14.4 Å². The average molecular weight is 1170 g/mol. The van der Waals surface area contributed by atoms with E-state index in [4.69, 9.17) is 35.0 Å². The molecule has 0 amide bonds. The van der Waals surface area contributed by atoms with Crippen LogP contribution in [0, 0.1) is 34.6 Å². The maximum Gasteiger partial charge on any atom is 0.354 e. The summed E-state index contributed by atoms with van der Waals surface area (Å²) in [4.78, 5) is 77.9. The van der Waals surface area contributed by atoms with Gasteiger partial charge < -0.3 is 35.0 Å². The summed E-state index contributed by atoms with van der Waals surface area (Å²) >= 11 is 0. The second-order valence-electron chi connectivity index (χ2n) is 19.0. The number of ketones is 2. The quantitative estimate of drug-likeness (QED) is 0.0734. The molecule has 10 heterocycles. The van der Waals surface area contributed by atoms with Crippen LogP contribution in [0.15, 0.2) is 110 Å². The second kappa shape index (κ2) is 28.9. The fourth-order valence-electron chi connectivity index (χ4n) is 8.71. The maximum atomic E-state index is 11.7. The van der Waals surface area contributed by atoms with Crippen molar-refractivity contribution in [3.63, 3.8) is 0 Å². The van der Waals surface area contributed by atoms with Crippen LogP contribution in [0.1, 0.15) is 80.5 Å². The molecule has 0 saturated heterocycles. The first-order valence-electron chi connectivity index (χ1n) is 25.8. The summed E-state index contributed by atoms with van der Waals surface area (Å²) in [5.74, 6) is -2.52. The Kier molecular flexibility index (Phi) is 21.6. The van der Waals surface area contributed by atoms with Crippen LogP contribution in [-0.4, -0.2) is 156 Å². The summed E-state index contributed by atoms with van der Waals surface area (Å²) in [5.41, 5.74) is 11.9. The van der Waals surface area contributed by atoms with E-state index in [1.807, 2.05) is 71.0 Å². The van der Waals surface area contributed by atoms with Gasteiger partial charge in [0.15, 0.2) is 17.1 Å². The van der Waals surface area contributed by atoms with Gasteiger partial charge >= 0.3 is 17.9 Å². The van der Waals surface area contributed by atoms with Crippen LogP contribution in [-0.2, 0) is 35.2 Å². The summed E-state index contributed by atoms with van der Waals surface area (Å²) < 4.78 is 17.1. The van der Waals surface area contributed by atoms with E-state index >= 15 is 0 Å². The van der Waals surface area contributed by atoms with Gasteiger partial charge in [0.2, 0.25) is 11.6 Å². The molecule has 10 aromatic rings. The predicted molar refractivity (Wildman–Crippen MR) is 313 cm³/mol. The highest BCUT2D eigenvalue weighted by atomic mass is 16.5. The maximum absolute atomic E-state index is 11.7. The number of carboxylic acid groups (broad SMARTS) is 3. The van der Waals surface area contributed by atoms with Crippen LogP contribution >= 0.6 is 0 Å². The monoisotopic (exact) mass is 1170 g/mol. The van der Waals surface area contributed by atoms with Crippen molar-refractivity contribution < 1.29 is 59.0 Å². The highest BCUT2D eigenvalue weighted by Gasteiger charge is 2.23. The first kappa shape index (κ1) is 64.2. The summed E-state index contributed by atoms with van der Waals surface area (Å²) in [5, 5.41) is 65.2. The molecule has 5 N–H and O–H groups in total. The lowest BCUT2D eigenvalue weighted by molar-refractivity contribution is 0.0675. The Bertz CT molecular complexity index is 4040. The molecule has 0 saturated carbocycles. The number of ether oxygens (including phenoxy) is 2. The minimum Gasteiger partial charge on any atom is -0.497 e. The van der Waals surface area contributed by atoms with Crippen molar-refractivity contribution in [1.82, 2.24) is 73.8 Å². The van der Waals surface area contributed by atoms with Gasteiger partial charge in [0.1, 0.15) is 36.1 Å². The van der Waals surface area contributed by atoms with Crippen molar-refractivity contribution in [3.8, 4) is 67.8 Å². The van der Waals surface area contributed by atoms with Crippen LogP contribution in [0.4, 0.5) is 0 Å². The largest absolute Gasteiger partial charge is 0.497 e. The Morgan fingerprint density at radius 1 is 0.395 bits per heavy atom. The molecule has 0 aromatic carbocycles. The number of nitrogens with zero attached hydrogens (tertiary/aromatic N) is 15. The third-order valence-corrected chi connectivity index (χ3v) is 12.5. The first-order chi connectivity index (χ1) is 40.9. The Morgan fingerprint density at radius 2 is 0.674 bits per heavy atom. The topological polar surface area (TPSA) is 359 Å². The van der Waals surface area contributed by atoms with Crippen LogP contribution in [0.3, 0.4) is 0 Å². The van der Waals surface area contributed by atoms with Crippen LogP contribution in [0.5, 0.6) is 11.5 Å². The number of carbonyl (C=O) groups excluding carboxylic acids is 2. The Balaban J connectivity index is 0.000000172. The van der Waals surface area contributed by atoms with Crippen molar-refractivity contribution in [2.24, 2.45) is 35.2 Å². The molecule has 0 aliphatic heterocycles. The number of methoxy groups -OCH3 is 2. The first-order valence-corrected chi connectivity index (χ1v) is 25.8. The van der Waals surface area contributed by atoms with Crippen molar-refractivity contribution in [2.75, 3.05) is 27.4 Å². The lowest BCUT2D eigenvalue weighted by Gasteiger charge is -2.05. The lowest BCUT2D eigenvalue weighted by atomic mass is 10.1. The van der Waals surface area contributed by atoms with Gasteiger partial charge in [-0.2, -0.15) is 25.5 Å². The van der Waals surface area contributed by atoms with Gasteiger partial charge in [-0.1, -0.05) is 0 Å². The highest BCUT2D eigenvalue weighted by molar-refractivity contribution is 6.02. The second-order valence-corrected chi connectivity index (χ2v) is 19.0. The zero-order valence-electron chi connectivity index (χ0n) is 49.1. The summed E-state index contributed by atoms with van der Waals surface area (Å²) in [6.45, 7) is 8.56. The number of rotatable bonds is 14. The van der Waals surface area contributed by atoms with Crippen molar-refractivity contribution in [2.45, 2.75) is 34.6 Å². The van der Waals surface area contributed by atoms with E-state index in [0.29, 0.717) is 79.2 Å². The minimum absolute atomic E-state index is 0.103. The van der Waals surface area contributed by atoms with E-state index in [1.54, 1.807) is 105 Å². The van der Waals surface area contributed by atoms with Gasteiger partial charge in [0.25, 0.3) is 0 Å². The third kappa shape index (κ3) is 15.6. The molecule has 0 radical (unpaired) electrons. The normalized spacial score (nSPS) is 10.4. The van der Waals surface area contributed by atoms with Gasteiger partial charge in [0.05, 0.1) is 90.4 Å². The van der Waals surface area contributed by atoms with E-state index in [2.05, 4.69) is 50.4 Å². The number of aromatic carboxylic acids is 3. The van der Waals surface area contributed by atoms with Crippen molar-refractivity contribution >= 4 is 29.5 Å². The molecule has 0 atom stereocenters. The molecule has 10 aromatic heterocycles. The molecular weight excluding hydrogens is 1110 g/mol. The van der Waals surface area contributed by atoms with E-state index < -0.39 is 36.9 Å². The number of hydrogen-bond acceptors (Lipinski definition) is 19. The number of carbonyl (C=O) groups is 5. The molecular formula is C59H63N15O12. The van der Waals surface area contributed by atoms with E-state index in [1.165, 1.54) is 42.0 Å². The van der Waals surface area contributed by atoms with Crippen molar-refractivity contribution in [3.05, 3.63) is 167 Å². The third-order valence-electron chi connectivity index (χ3n) is 12.5. The van der Waals surface area contributed by atoms with Gasteiger partial charge in [-0.15, -0.1) is 0 Å². The predicted octanol–water partition coefficient (Wildman–Crippen LogP) is 6.41. The van der Waals surface area contributed by atoms with Crippen molar-refractivity contribution in [1.29, 1.82) is 0 Å². The molecule has 0 bridgehead atoms. The van der Waals surface area contributed by atoms with E-state index in [-0.39, 0.29) is 22.9 Å². The Hall–Kier alpha value is -10.9.